The zero-order valence-corrected chi connectivity index (χ0v) is 15.9. The van der Waals surface area contributed by atoms with Crippen LogP contribution in [0.15, 0.2) is 25.0 Å². The SMILES string of the molecule is C=COC.CCC(C)c1ccc(N2CCOCC2)c(CN(C)C)n1. The van der Waals surface area contributed by atoms with Gasteiger partial charge in [-0.05, 0) is 38.6 Å². The predicted molar refractivity (Wildman–Crippen MR) is 101 cm³/mol. The number of anilines is 1. The second-order valence-electron chi connectivity index (χ2n) is 6.25. The molecule has 1 atom stereocenters. The second kappa shape index (κ2) is 11.0. The van der Waals surface area contributed by atoms with E-state index < -0.39 is 0 Å². The topological polar surface area (TPSA) is 37.8 Å². The quantitative estimate of drug-likeness (QED) is 0.746. The average Bonchev–Trinajstić information content (AvgIpc) is 2.61. The molecule has 2 rings (SSSR count). The largest absolute Gasteiger partial charge is 0.505 e. The summed E-state index contributed by atoms with van der Waals surface area (Å²) in [6, 6.07) is 4.44. The minimum absolute atomic E-state index is 0.523. The summed E-state index contributed by atoms with van der Waals surface area (Å²) in [5.41, 5.74) is 3.67. The molecule has 0 saturated carbocycles. The summed E-state index contributed by atoms with van der Waals surface area (Å²) in [5.74, 6) is 0.523. The number of rotatable bonds is 6. The number of methoxy groups -OCH3 is 1. The summed E-state index contributed by atoms with van der Waals surface area (Å²) in [7, 11) is 5.76. The van der Waals surface area contributed by atoms with Gasteiger partial charge >= 0.3 is 0 Å². The van der Waals surface area contributed by atoms with Crippen LogP contribution in [0.2, 0.25) is 0 Å². The molecule has 24 heavy (non-hydrogen) atoms. The molecule has 0 N–H and O–H groups in total. The van der Waals surface area contributed by atoms with E-state index in [0.29, 0.717) is 5.92 Å². The van der Waals surface area contributed by atoms with Crippen molar-refractivity contribution in [3.8, 4) is 0 Å². The highest BCUT2D eigenvalue weighted by molar-refractivity contribution is 5.51. The van der Waals surface area contributed by atoms with Gasteiger partial charge in [0.05, 0.1) is 38.0 Å². The summed E-state index contributed by atoms with van der Waals surface area (Å²) < 4.78 is 9.75. The van der Waals surface area contributed by atoms with Crippen LogP contribution in [0.3, 0.4) is 0 Å². The lowest BCUT2D eigenvalue weighted by molar-refractivity contribution is 0.122. The molecule has 0 radical (unpaired) electrons. The Kier molecular flexibility index (Phi) is 9.42. The molecule has 0 aliphatic carbocycles. The average molecular weight is 335 g/mol. The van der Waals surface area contributed by atoms with Crippen LogP contribution < -0.4 is 4.90 Å². The Morgan fingerprint density at radius 1 is 1.38 bits per heavy atom. The van der Waals surface area contributed by atoms with Crippen molar-refractivity contribution in [1.29, 1.82) is 0 Å². The molecular formula is C19H33N3O2. The first-order chi connectivity index (χ1) is 11.5. The molecule has 1 aliphatic heterocycles. The van der Waals surface area contributed by atoms with E-state index in [1.807, 2.05) is 0 Å². The molecule has 0 aromatic carbocycles. The first-order valence-corrected chi connectivity index (χ1v) is 8.64. The zero-order chi connectivity index (χ0) is 17.9. The molecule has 5 nitrogen and oxygen atoms in total. The normalized spacial score (nSPS) is 15.5. The van der Waals surface area contributed by atoms with E-state index >= 15 is 0 Å². The zero-order valence-electron chi connectivity index (χ0n) is 15.9. The van der Waals surface area contributed by atoms with Crippen molar-refractivity contribution in [2.45, 2.75) is 32.7 Å². The Morgan fingerprint density at radius 2 is 2.00 bits per heavy atom. The standard InChI is InChI=1S/C16H27N3O.C3H6O/c1-5-13(2)14-6-7-16(15(17-14)12-18(3)4)19-8-10-20-11-9-19;1-3-4-2/h6-7,13H,5,8-12H2,1-4H3;3H,1H2,2H3. The summed E-state index contributed by atoms with van der Waals surface area (Å²) in [5, 5.41) is 0. The molecule has 5 heteroatoms. The third kappa shape index (κ3) is 6.49. The minimum atomic E-state index is 0.523. The van der Waals surface area contributed by atoms with Gasteiger partial charge in [0.25, 0.3) is 0 Å². The van der Waals surface area contributed by atoms with Crippen LogP contribution in [0.5, 0.6) is 0 Å². The van der Waals surface area contributed by atoms with Gasteiger partial charge < -0.3 is 19.3 Å². The lowest BCUT2D eigenvalue weighted by Crippen LogP contribution is -2.37. The summed E-state index contributed by atoms with van der Waals surface area (Å²) >= 11 is 0. The smallest absolute Gasteiger partial charge is 0.0780 e. The number of hydrogen-bond donors (Lipinski definition) is 0. The van der Waals surface area contributed by atoms with Crippen molar-refractivity contribution < 1.29 is 9.47 Å². The number of hydrogen-bond acceptors (Lipinski definition) is 5. The van der Waals surface area contributed by atoms with Gasteiger partial charge in [-0.1, -0.05) is 20.4 Å². The Labute approximate surface area is 147 Å². The van der Waals surface area contributed by atoms with Crippen LogP contribution in [0.4, 0.5) is 5.69 Å². The maximum Gasteiger partial charge on any atom is 0.0780 e. The Bertz CT molecular complexity index is 486. The summed E-state index contributed by atoms with van der Waals surface area (Å²) in [6.45, 7) is 12.2. The molecule has 1 aliphatic rings. The van der Waals surface area contributed by atoms with E-state index in [-0.39, 0.29) is 0 Å². The first kappa shape index (κ1) is 20.5. The lowest BCUT2D eigenvalue weighted by atomic mass is 10.0. The summed E-state index contributed by atoms with van der Waals surface area (Å²) in [4.78, 5) is 9.52. The third-order valence-electron chi connectivity index (χ3n) is 4.07. The number of aromatic nitrogens is 1. The molecule has 1 saturated heterocycles. The van der Waals surface area contributed by atoms with Gasteiger partial charge in [0, 0.05) is 25.3 Å². The summed E-state index contributed by atoms with van der Waals surface area (Å²) in [6.07, 6.45) is 2.51. The van der Waals surface area contributed by atoms with Crippen LogP contribution in [0.25, 0.3) is 0 Å². The van der Waals surface area contributed by atoms with Crippen molar-refractivity contribution in [1.82, 2.24) is 9.88 Å². The number of pyridine rings is 1. The molecule has 0 amide bonds. The van der Waals surface area contributed by atoms with E-state index in [1.165, 1.54) is 23.3 Å². The monoisotopic (exact) mass is 335 g/mol. The molecule has 1 unspecified atom stereocenters. The van der Waals surface area contributed by atoms with Gasteiger partial charge in [0.1, 0.15) is 0 Å². The first-order valence-electron chi connectivity index (χ1n) is 8.64. The van der Waals surface area contributed by atoms with E-state index in [0.717, 1.165) is 39.3 Å². The second-order valence-corrected chi connectivity index (χ2v) is 6.25. The van der Waals surface area contributed by atoms with E-state index in [4.69, 9.17) is 9.72 Å². The fourth-order valence-electron chi connectivity index (χ4n) is 2.50. The van der Waals surface area contributed by atoms with Crippen molar-refractivity contribution >= 4 is 5.69 Å². The maximum absolute atomic E-state index is 5.45. The van der Waals surface area contributed by atoms with Gasteiger partial charge in [0.15, 0.2) is 0 Å². The molecule has 1 aromatic heterocycles. The van der Waals surface area contributed by atoms with Gasteiger partial charge in [-0.2, -0.15) is 0 Å². The van der Waals surface area contributed by atoms with Crippen LogP contribution >= 0.6 is 0 Å². The third-order valence-corrected chi connectivity index (χ3v) is 4.07. The number of ether oxygens (including phenoxy) is 2. The number of nitrogens with zero attached hydrogens (tertiary/aromatic N) is 3. The molecule has 1 aromatic rings. The molecular weight excluding hydrogens is 302 g/mol. The minimum Gasteiger partial charge on any atom is -0.505 e. The molecule has 0 bridgehead atoms. The van der Waals surface area contributed by atoms with Crippen LogP contribution in [0.1, 0.15) is 37.6 Å². The van der Waals surface area contributed by atoms with Crippen LogP contribution in [-0.2, 0) is 16.0 Å². The lowest BCUT2D eigenvalue weighted by Gasteiger charge is -2.31. The van der Waals surface area contributed by atoms with Crippen LogP contribution in [-0.4, -0.2) is 57.4 Å². The highest BCUT2D eigenvalue weighted by atomic mass is 16.5. The van der Waals surface area contributed by atoms with E-state index in [1.54, 1.807) is 7.11 Å². The fourth-order valence-corrected chi connectivity index (χ4v) is 2.50. The van der Waals surface area contributed by atoms with Crippen molar-refractivity contribution in [2.75, 3.05) is 52.4 Å². The number of morpholine rings is 1. The Hall–Kier alpha value is -1.59. The highest BCUT2D eigenvalue weighted by Crippen LogP contribution is 2.25. The van der Waals surface area contributed by atoms with Crippen molar-refractivity contribution in [3.05, 3.63) is 36.4 Å². The Morgan fingerprint density at radius 3 is 2.50 bits per heavy atom. The fraction of sp³-hybridized carbons (Fsp3) is 0.632. The van der Waals surface area contributed by atoms with Gasteiger partial charge in [-0.25, -0.2) is 0 Å². The molecule has 136 valence electrons. The van der Waals surface area contributed by atoms with Crippen molar-refractivity contribution in [2.24, 2.45) is 0 Å². The van der Waals surface area contributed by atoms with E-state index in [2.05, 4.69) is 61.2 Å². The van der Waals surface area contributed by atoms with Crippen LogP contribution in [0, 0.1) is 0 Å². The van der Waals surface area contributed by atoms with Crippen molar-refractivity contribution in [3.63, 3.8) is 0 Å². The van der Waals surface area contributed by atoms with Gasteiger partial charge in [-0.15, -0.1) is 0 Å². The molecule has 0 spiro atoms. The van der Waals surface area contributed by atoms with E-state index in [9.17, 15) is 0 Å². The molecule has 1 fully saturated rings. The predicted octanol–water partition coefficient (Wildman–Crippen LogP) is 3.27. The molecule has 2 heterocycles. The maximum atomic E-state index is 5.45. The highest BCUT2D eigenvalue weighted by Gasteiger charge is 2.17. The van der Waals surface area contributed by atoms with Gasteiger partial charge in [-0.3, -0.25) is 4.98 Å². The Balaban J connectivity index is 0.000000648. The van der Waals surface area contributed by atoms with Gasteiger partial charge in [0.2, 0.25) is 0 Å².